The fraction of sp³-hybridized carbons (Fsp3) is 0.267. The lowest BCUT2D eigenvalue weighted by molar-refractivity contribution is 0.0692. The van der Waals surface area contributed by atoms with Gasteiger partial charge in [0.15, 0.2) is 11.5 Å². The summed E-state index contributed by atoms with van der Waals surface area (Å²) in [5.41, 5.74) is 0.919. The molecule has 0 bridgehead atoms. The first kappa shape index (κ1) is 14.4. The molecule has 1 aromatic carbocycles. The summed E-state index contributed by atoms with van der Waals surface area (Å²) in [4.78, 5) is 12.4. The van der Waals surface area contributed by atoms with Gasteiger partial charge in [-0.05, 0) is 43.0 Å². The molecule has 0 fully saturated rings. The zero-order chi connectivity index (χ0) is 14.7. The molecule has 0 aliphatic carbocycles. The van der Waals surface area contributed by atoms with Gasteiger partial charge in [-0.15, -0.1) is 11.3 Å². The average molecular weight is 292 g/mol. The third kappa shape index (κ3) is 2.93. The molecule has 0 atom stereocenters. The minimum atomic E-state index is -1.03. The first-order chi connectivity index (χ1) is 9.52. The molecule has 0 amide bonds. The molecule has 0 aliphatic heterocycles. The molecule has 20 heavy (non-hydrogen) atoms. The second kappa shape index (κ2) is 5.96. The van der Waals surface area contributed by atoms with Gasteiger partial charge < -0.3 is 14.6 Å². The fourth-order valence-corrected chi connectivity index (χ4v) is 2.61. The van der Waals surface area contributed by atoms with E-state index in [0.29, 0.717) is 5.75 Å². The van der Waals surface area contributed by atoms with Gasteiger partial charge in [-0.2, -0.15) is 0 Å². The number of hydrogen-bond donors (Lipinski definition) is 1. The molecule has 1 heterocycles. The van der Waals surface area contributed by atoms with E-state index in [1.165, 1.54) is 7.11 Å². The van der Waals surface area contributed by atoms with Crippen molar-refractivity contribution in [3.05, 3.63) is 35.2 Å². The van der Waals surface area contributed by atoms with Crippen LogP contribution in [-0.4, -0.2) is 24.3 Å². The van der Waals surface area contributed by atoms with E-state index in [9.17, 15) is 9.90 Å². The van der Waals surface area contributed by atoms with Gasteiger partial charge in [-0.3, -0.25) is 0 Å². The van der Waals surface area contributed by atoms with Crippen molar-refractivity contribution >= 4 is 17.3 Å². The van der Waals surface area contributed by atoms with E-state index < -0.39 is 5.97 Å². The molecular formula is C15H16O4S. The number of hydrogen-bond acceptors (Lipinski definition) is 4. The second-order valence-corrected chi connectivity index (χ2v) is 5.45. The van der Waals surface area contributed by atoms with Crippen molar-refractivity contribution in [2.75, 3.05) is 7.11 Å². The molecule has 0 radical (unpaired) electrons. The van der Waals surface area contributed by atoms with E-state index in [0.717, 1.165) is 10.4 Å². The smallest absolute Gasteiger partial charge is 0.339 e. The van der Waals surface area contributed by atoms with Gasteiger partial charge in [0.25, 0.3) is 0 Å². The van der Waals surface area contributed by atoms with Crippen LogP contribution in [-0.2, 0) is 0 Å². The third-order valence-electron chi connectivity index (χ3n) is 2.66. The van der Waals surface area contributed by atoms with E-state index in [1.807, 2.05) is 37.4 Å². The first-order valence-corrected chi connectivity index (χ1v) is 7.06. The molecule has 1 aromatic heterocycles. The van der Waals surface area contributed by atoms with Crippen molar-refractivity contribution in [1.82, 2.24) is 0 Å². The highest BCUT2D eigenvalue weighted by Gasteiger charge is 2.19. The minimum Gasteiger partial charge on any atom is -0.492 e. The molecule has 5 heteroatoms. The van der Waals surface area contributed by atoms with Crippen molar-refractivity contribution in [2.24, 2.45) is 0 Å². The Hall–Kier alpha value is -2.01. The van der Waals surface area contributed by atoms with Gasteiger partial charge in [0.05, 0.1) is 13.2 Å². The van der Waals surface area contributed by atoms with Gasteiger partial charge in [0, 0.05) is 4.88 Å². The van der Waals surface area contributed by atoms with Gasteiger partial charge in [0.1, 0.15) is 5.56 Å². The zero-order valence-corrected chi connectivity index (χ0v) is 12.4. The highest BCUT2D eigenvalue weighted by Crippen LogP contribution is 2.38. The molecule has 0 saturated heterocycles. The SMILES string of the molecule is COc1c(OC(C)C)cc(-c2cccs2)cc1C(=O)O. The van der Waals surface area contributed by atoms with Gasteiger partial charge in [0.2, 0.25) is 0 Å². The van der Waals surface area contributed by atoms with Crippen LogP contribution in [0.2, 0.25) is 0 Å². The first-order valence-electron chi connectivity index (χ1n) is 6.18. The lowest BCUT2D eigenvalue weighted by Gasteiger charge is -2.16. The summed E-state index contributed by atoms with van der Waals surface area (Å²) in [6, 6.07) is 7.29. The van der Waals surface area contributed by atoms with Gasteiger partial charge in [-0.25, -0.2) is 4.79 Å². The number of methoxy groups -OCH3 is 1. The molecule has 1 N–H and O–H groups in total. The lowest BCUT2D eigenvalue weighted by Crippen LogP contribution is -2.09. The minimum absolute atomic E-state index is 0.0656. The van der Waals surface area contributed by atoms with Crippen molar-refractivity contribution in [3.63, 3.8) is 0 Å². The van der Waals surface area contributed by atoms with Crippen LogP contribution in [0.4, 0.5) is 0 Å². The summed E-state index contributed by atoms with van der Waals surface area (Å²) in [7, 11) is 1.44. The van der Waals surface area contributed by atoms with Crippen LogP contribution < -0.4 is 9.47 Å². The van der Waals surface area contributed by atoms with Crippen molar-refractivity contribution in [2.45, 2.75) is 20.0 Å². The van der Waals surface area contributed by atoms with Crippen molar-refractivity contribution in [3.8, 4) is 21.9 Å². The Labute approximate surface area is 121 Å². The molecule has 0 aliphatic rings. The highest BCUT2D eigenvalue weighted by molar-refractivity contribution is 7.13. The van der Waals surface area contributed by atoms with Crippen LogP contribution in [0.3, 0.4) is 0 Å². The topological polar surface area (TPSA) is 55.8 Å². The largest absolute Gasteiger partial charge is 0.492 e. The van der Waals surface area contributed by atoms with E-state index in [-0.39, 0.29) is 17.4 Å². The third-order valence-corrected chi connectivity index (χ3v) is 3.58. The van der Waals surface area contributed by atoms with E-state index >= 15 is 0 Å². The molecule has 2 rings (SSSR count). The summed E-state index contributed by atoms with van der Waals surface area (Å²) in [6.07, 6.45) is -0.0656. The summed E-state index contributed by atoms with van der Waals surface area (Å²) in [6.45, 7) is 3.77. The number of carbonyl (C=O) groups is 1. The van der Waals surface area contributed by atoms with Crippen LogP contribution >= 0.6 is 11.3 Å². The summed E-state index contributed by atoms with van der Waals surface area (Å²) in [5.74, 6) is -0.328. The van der Waals surface area contributed by atoms with E-state index in [4.69, 9.17) is 9.47 Å². The Kier molecular flexibility index (Phi) is 4.29. The molecule has 0 spiro atoms. The maximum atomic E-state index is 11.4. The standard InChI is InChI=1S/C15H16O4S/c1-9(2)19-12-8-10(13-5-4-6-20-13)7-11(15(16)17)14(12)18-3/h4-9H,1-3H3,(H,16,17). The highest BCUT2D eigenvalue weighted by atomic mass is 32.1. The normalized spacial score (nSPS) is 10.6. The fourth-order valence-electron chi connectivity index (χ4n) is 1.90. The zero-order valence-electron chi connectivity index (χ0n) is 11.5. The quantitative estimate of drug-likeness (QED) is 0.907. The number of aromatic carboxylic acids is 1. The van der Waals surface area contributed by atoms with Crippen LogP contribution in [0.25, 0.3) is 10.4 Å². The Morgan fingerprint density at radius 2 is 2.10 bits per heavy atom. The number of carboxylic acid groups (broad SMARTS) is 1. The summed E-state index contributed by atoms with van der Waals surface area (Å²) >= 11 is 1.55. The van der Waals surface area contributed by atoms with Gasteiger partial charge in [-0.1, -0.05) is 6.07 Å². The van der Waals surface area contributed by atoms with Crippen LogP contribution in [0, 0.1) is 0 Å². The molecule has 4 nitrogen and oxygen atoms in total. The lowest BCUT2D eigenvalue weighted by atomic mass is 10.1. The molecule has 0 saturated carbocycles. The Balaban J connectivity index is 2.61. The van der Waals surface area contributed by atoms with Crippen LogP contribution in [0.15, 0.2) is 29.6 Å². The average Bonchev–Trinajstić information content (AvgIpc) is 2.90. The van der Waals surface area contributed by atoms with Crippen LogP contribution in [0.1, 0.15) is 24.2 Å². The van der Waals surface area contributed by atoms with Crippen molar-refractivity contribution in [1.29, 1.82) is 0 Å². The Morgan fingerprint density at radius 1 is 1.35 bits per heavy atom. The van der Waals surface area contributed by atoms with Crippen molar-refractivity contribution < 1.29 is 19.4 Å². The second-order valence-electron chi connectivity index (χ2n) is 4.50. The number of benzene rings is 1. The molecule has 2 aromatic rings. The predicted octanol–water partition coefficient (Wildman–Crippen LogP) is 3.91. The molecule has 0 unspecified atom stereocenters. The van der Waals surface area contributed by atoms with Crippen LogP contribution in [0.5, 0.6) is 11.5 Å². The Morgan fingerprint density at radius 3 is 2.60 bits per heavy atom. The Bertz CT molecular complexity index is 603. The number of thiophene rings is 1. The monoisotopic (exact) mass is 292 g/mol. The molecule has 106 valence electrons. The summed E-state index contributed by atoms with van der Waals surface area (Å²) in [5, 5.41) is 11.3. The molecular weight excluding hydrogens is 276 g/mol. The number of carboxylic acids is 1. The predicted molar refractivity (Wildman–Crippen MR) is 79.0 cm³/mol. The maximum absolute atomic E-state index is 11.4. The van der Waals surface area contributed by atoms with Gasteiger partial charge >= 0.3 is 5.97 Å². The van der Waals surface area contributed by atoms with E-state index in [2.05, 4.69) is 0 Å². The number of ether oxygens (including phenoxy) is 2. The maximum Gasteiger partial charge on any atom is 0.339 e. The summed E-state index contributed by atoms with van der Waals surface area (Å²) < 4.78 is 10.9. The van der Waals surface area contributed by atoms with E-state index in [1.54, 1.807) is 17.4 Å². The number of rotatable bonds is 5.